The van der Waals surface area contributed by atoms with Crippen molar-refractivity contribution < 1.29 is 19.8 Å². The predicted octanol–water partition coefficient (Wildman–Crippen LogP) is 0.764. The topological polar surface area (TPSA) is 86.6 Å². The lowest BCUT2D eigenvalue weighted by Crippen LogP contribution is -2.39. The molecule has 1 amide bonds. The molecule has 0 aromatic heterocycles. The van der Waals surface area contributed by atoms with Gasteiger partial charge in [0.25, 0.3) is 0 Å². The normalized spacial score (nSPS) is 35.6. The first-order valence-electron chi connectivity index (χ1n) is 6.78. The lowest BCUT2D eigenvalue weighted by atomic mass is 9.95. The van der Waals surface area contributed by atoms with Crippen molar-refractivity contribution in [2.24, 2.45) is 17.8 Å². The van der Waals surface area contributed by atoms with Gasteiger partial charge in [0.15, 0.2) is 0 Å². The molecule has 0 aromatic carbocycles. The highest BCUT2D eigenvalue weighted by atomic mass is 16.4. The number of nitrogens with one attached hydrogen (secondary N) is 1. The number of rotatable bonds is 4. The van der Waals surface area contributed by atoms with Crippen molar-refractivity contribution in [2.45, 2.75) is 44.6 Å². The third kappa shape index (κ3) is 2.83. The van der Waals surface area contributed by atoms with Gasteiger partial charge in [-0.2, -0.15) is 0 Å². The van der Waals surface area contributed by atoms with Gasteiger partial charge in [-0.05, 0) is 25.7 Å². The van der Waals surface area contributed by atoms with Crippen LogP contribution in [0.5, 0.6) is 0 Å². The number of aliphatic hydroxyl groups is 1. The summed E-state index contributed by atoms with van der Waals surface area (Å²) in [5.41, 5.74) is 0. The van der Waals surface area contributed by atoms with E-state index in [0.717, 1.165) is 25.7 Å². The van der Waals surface area contributed by atoms with E-state index in [9.17, 15) is 14.7 Å². The zero-order valence-corrected chi connectivity index (χ0v) is 10.5. The van der Waals surface area contributed by atoms with Gasteiger partial charge in [-0.1, -0.05) is 12.8 Å². The Morgan fingerprint density at radius 3 is 2.33 bits per heavy atom. The van der Waals surface area contributed by atoms with Crippen molar-refractivity contribution >= 4 is 11.9 Å². The smallest absolute Gasteiger partial charge is 0.307 e. The van der Waals surface area contributed by atoms with Crippen LogP contribution in [0.1, 0.15) is 38.5 Å². The van der Waals surface area contributed by atoms with Crippen LogP contribution in [0.3, 0.4) is 0 Å². The van der Waals surface area contributed by atoms with E-state index in [0.29, 0.717) is 19.4 Å². The minimum Gasteiger partial charge on any atom is -0.481 e. The highest BCUT2D eigenvalue weighted by molar-refractivity contribution is 5.85. The van der Waals surface area contributed by atoms with E-state index in [1.54, 1.807) is 0 Å². The Balaban J connectivity index is 1.82. The summed E-state index contributed by atoms with van der Waals surface area (Å²) < 4.78 is 0. The quantitative estimate of drug-likeness (QED) is 0.692. The van der Waals surface area contributed by atoms with E-state index in [1.807, 2.05) is 0 Å². The molecule has 5 heteroatoms. The Morgan fingerprint density at radius 2 is 1.72 bits per heavy atom. The molecule has 0 aliphatic heterocycles. The molecule has 2 saturated carbocycles. The highest BCUT2D eigenvalue weighted by Gasteiger charge is 2.38. The number of hydrogen-bond donors (Lipinski definition) is 3. The maximum atomic E-state index is 12.0. The predicted molar refractivity (Wildman–Crippen MR) is 64.8 cm³/mol. The highest BCUT2D eigenvalue weighted by Crippen LogP contribution is 2.32. The zero-order valence-electron chi connectivity index (χ0n) is 10.5. The van der Waals surface area contributed by atoms with E-state index in [1.165, 1.54) is 0 Å². The molecule has 0 aromatic rings. The van der Waals surface area contributed by atoms with Crippen molar-refractivity contribution in [1.29, 1.82) is 0 Å². The Kier molecular flexibility index (Phi) is 4.22. The first-order chi connectivity index (χ1) is 8.59. The van der Waals surface area contributed by atoms with Gasteiger partial charge in [0.1, 0.15) is 0 Å². The molecule has 4 atom stereocenters. The maximum absolute atomic E-state index is 12.0. The van der Waals surface area contributed by atoms with Gasteiger partial charge >= 0.3 is 5.97 Å². The Morgan fingerprint density at radius 1 is 1.06 bits per heavy atom. The summed E-state index contributed by atoms with van der Waals surface area (Å²) in [5, 5.41) is 21.5. The third-order valence-electron chi connectivity index (χ3n) is 4.33. The summed E-state index contributed by atoms with van der Waals surface area (Å²) in [7, 11) is 0. The largest absolute Gasteiger partial charge is 0.481 e. The number of amides is 1. The second-order valence-corrected chi connectivity index (χ2v) is 5.49. The average molecular weight is 255 g/mol. The summed E-state index contributed by atoms with van der Waals surface area (Å²) in [6.45, 7) is 0.475. The Hall–Kier alpha value is -1.10. The molecule has 102 valence electrons. The van der Waals surface area contributed by atoms with E-state index in [-0.39, 0.29) is 23.8 Å². The maximum Gasteiger partial charge on any atom is 0.307 e. The number of carbonyl (C=O) groups excluding carboxylic acids is 1. The lowest BCUT2D eigenvalue weighted by molar-refractivity contribution is -0.146. The molecular weight excluding hydrogens is 234 g/mol. The summed E-state index contributed by atoms with van der Waals surface area (Å²) in [4.78, 5) is 23.0. The van der Waals surface area contributed by atoms with Gasteiger partial charge < -0.3 is 15.5 Å². The fraction of sp³-hybridized carbons (Fsp3) is 0.846. The van der Waals surface area contributed by atoms with Crippen LogP contribution in [-0.2, 0) is 9.59 Å². The van der Waals surface area contributed by atoms with E-state index < -0.39 is 11.9 Å². The summed E-state index contributed by atoms with van der Waals surface area (Å²) in [6, 6.07) is 0. The molecule has 2 aliphatic rings. The van der Waals surface area contributed by atoms with Crippen molar-refractivity contribution in [3.63, 3.8) is 0 Å². The number of carboxylic acids is 1. The van der Waals surface area contributed by atoms with Crippen LogP contribution in [-0.4, -0.2) is 34.7 Å². The fourth-order valence-electron chi connectivity index (χ4n) is 3.19. The van der Waals surface area contributed by atoms with Crippen LogP contribution >= 0.6 is 0 Å². The first kappa shape index (κ1) is 13.3. The number of hydrogen-bond acceptors (Lipinski definition) is 3. The third-order valence-corrected chi connectivity index (χ3v) is 4.33. The number of carbonyl (C=O) groups is 2. The minimum absolute atomic E-state index is 0.138. The van der Waals surface area contributed by atoms with E-state index in [2.05, 4.69) is 5.32 Å². The Labute approximate surface area is 107 Å². The Bertz CT molecular complexity index is 331. The zero-order chi connectivity index (χ0) is 13.1. The van der Waals surface area contributed by atoms with Gasteiger partial charge in [-0.3, -0.25) is 9.59 Å². The second-order valence-electron chi connectivity index (χ2n) is 5.49. The van der Waals surface area contributed by atoms with Gasteiger partial charge in [-0.25, -0.2) is 0 Å². The van der Waals surface area contributed by atoms with Crippen LogP contribution < -0.4 is 5.32 Å². The molecule has 2 unspecified atom stereocenters. The van der Waals surface area contributed by atoms with E-state index in [4.69, 9.17) is 5.11 Å². The van der Waals surface area contributed by atoms with Crippen molar-refractivity contribution in [1.82, 2.24) is 5.32 Å². The molecular formula is C13H21NO4. The van der Waals surface area contributed by atoms with Crippen LogP contribution in [0.15, 0.2) is 0 Å². The standard InChI is InChI=1S/C13H21NO4/c15-11-6-1-3-8(11)7-14-12(16)9-4-2-5-10(9)13(17)18/h8-11,15H,1-7H2,(H,14,16)(H,17,18)/t8?,9-,10+,11?/m1/s1. The average Bonchev–Trinajstić information content (AvgIpc) is 2.94. The van der Waals surface area contributed by atoms with Gasteiger partial charge in [-0.15, -0.1) is 0 Å². The molecule has 2 rings (SSSR count). The number of aliphatic hydroxyl groups excluding tert-OH is 1. The SMILES string of the molecule is O=C(O)[C@H]1CCC[C@H]1C(=O)NCC1CCCC1O. The minimum atomic E-state index is -0.867. The van der Waals surface area contributed by atoms with Gasteiger partial charge in [0.2, 0.25) is 5.91 Å². The van der Waals surface area contributed by atoms with Crippen molar-refractivity contribution in [3.8, 4) is 0 Å². The molecule has 0 radical (unpaired) electrons. The van der Waals surface area contributed by atoms with Crippen LogP contribution in [0, 0.1) is 17.8 Å². The molecule has 0 spiro atoms. The van der Waals surface area contributed by atoms with Gasteiger partial charge in [0.05, 0.1) is 17.9 Å². The molecule has 18 heavy (non-hydrogen) atoms. The molecule has 0 bridgehead atoms. The fourth-order valence-corrected chi connectivity index (χ4v) is 3.19. The van der Waals surface area contributed by atoms with Crippen molar-refractivity contribution in [2.75, 3.05) is 6.54 Å². The monoisotopic (exact) mass is 255 g/mol. The second kappa shape index (κ2) is 5.69. The van der Waals surface area contributed by atoms with Crippen LogP contribution in [0.25, 0.3) is 0 Å². The molecule has 0 saturated heterocycles. The van der Waals surface area contributed by atoms with Crippen molar-refractivity contribution in [3.05, 3.63) is 0 Å². The summed E-state index contributed by atoms with van der Waals surface area (Å²) in [6.07, 6.45) is 4.50. The van der Waals surface area contributed by atoms with Crippen LogP contribution in [0.4, 0.5) is 0 Å². The molecule has 0 heterocycles. The molecule has 3 N–H and O–H groups in total. The first-order valence-corrected chi connectivity index (χ1v) is 6.78. The lowest BCUT2D eigenvalue weighted by Gasteiger charge is -2.19. The summed E-state index contributed by atoms with van der Waals surface area (Å²) >= 11 is 0. The summed E-state index contributed by atoms with van der Waals surface area (Å²) in [5.74, 6) is -1.80. The van der Waals surface area contributed by atoms with E-state index >= 15 is 0 Å². The number of carboxylic acid groups (broad SMARTS) is 1. The molecule has 5 nitrogen and oxygen atoms in total. The van der Waals surface area contributed by atoms with Gasteiger partial charge in [0, 0.05) is 12.5 Å². The van der Waals surface area contributed by atoms with Crippen LogP contribution in [0.2, 0.25) is 0 Å². The molecule has 2 aliphatic carbocycles. The molecule has 2 fully saturated rings. The number of aliphatic carboxylic acids is 1.